The van der Waals surface area contributed by atoms with Crippen LogP contribution in [-0.2, 0) is 0 Å². The summed E-state index contributed by atoms with van der Waals surface area (Å²) in [5, 5.41) is 16.0. The molecule has 0 aliphatic carbocycles. The van der Waals surface area contributed by atoms with Gasteiger partial charge in [-0.15, -0.1) is 0 Å². The van der Waals surface area contributed by atoms with Crippen LogP contribution in [0.5, 0.6) is 0 Å². The van der Waals surface area contributed by atoms with E-state index < -0.39 is 0 Å². The molecule has 0 atom stereocenters. The number of nitrogens with zero attached hydrogens (tertiary/aromatic N) is 2. The first-order chi connectivity index (χ1) is 5.84. The van der Waals surface area contributed by atoms with Gasteiger partial charge in [-0.05, 0) is 0 Å². The van der Waals surface area contributed by atoms with Crippen molar-refractivity contribution in [1.82, 2.24) is 20.4 Å². The third-order valence-electron chi connectivity index (χ3n) is 1.36. The van der Waals surface area contributed by atoms with Crippen LogP contribution in [-0.4, -0.2) is 20.4 Å². The second-order valence-electron chi connectivity index (χ2n) is 2.30. The third kappa shape index (κ3) is 1.22. The quantitative estimate of drug-likeness (QED) is 0.518. The summed E-state index contributed by atoms with van der Waals surface area (Å²) in [4.78, 5) is 0. The fourth-order valence-electron chi connectivity index (χ4n) is 0.864. The van der Waals surface area contributed by atoms with E-state index in [0.717, 1.165) is 5.82 Å². The zero-order chi connectivity index (χ0) is 8.39. The van der Waals surface area contributed by atoms with Crippen molar-refractivity contribution in [1.29, 1.82) is 0 Å². The van der Waals surface area contributed by atoms with Crippen molar-refractivity contribution in [3.8, 4) is 0 Å². The number of nitrogen functional groups attached to an aromatic ring is 1. The second kappa shape index (κ2) is 2.57. The van der Waals surface area contributed by atoms with Gasteiger partial charge in [0.25, 0.3) is 0 Å². The zero-order valence-corrected chi connectivity index (χ0v) is 6.20. The van der Waals surface area contributed by atoms with Crippen molar-refractivity contribution >= 4 is 17.5 Å². The van der Waals surface area contributed by atoms with Crippen LogP contribution >= 0.6 is 0 Å². The number of nitrogens with two attached hydrogens (primary N) is 1. The molecule has 62 valence electrons. The Kier molecular flexibility index (Phi) is 1.44. The molecule has 2 aromatic heterocycles. The van der Waals surface area contributed by atoms with Gasteiger partial charge in [-0.1, -0.05) is 0 Å². The lowest BCUT2D eigenvalue weighted by Gasteiger charge is -1.94. The highest BCUT2D eigenvalue weighted by Gasteiger charge is 1.97. The van der Waals surface area contributed by atoms with Crippen molar-refractivity contribution in [2.45, 2.75) is 0 Å². The average Bonchev–Trinajstić information content (AvgIpc) is 2.63. The molecule has 0 spiro atoms. The van der Waals surface area contributed by atoms with E-state index in [4.69, 9.17) is 5.73 Å². The van der Waals surface area contributed by atoms with Gasteiger partial charge < -0.3 is 11.1 Å². The highest BCUT2D eigenvalue weighted by Crippen LogP contribution is 2.11. The van der Waals surface area contributed by atoms with Crippen LogP contribution in [0, 0.1) is 0 Å². The number of H-pyrrole nitrogens is 2. The Labute approximate surface area is 68.2 Å². The maximum atomic E-state index is 5.42. The summed E-state index contributed by atoms with van der Waals surface area (Å²) < 4.78 is 0. The Morgan fingerprint density at radius 3 is 2.92 bits per heavy atom. The minimum Gasteiger partial charge on any atom is -0.384 e. The van der Waals surface area contributed by atoms with E-state index in [1.54, 1.807) is 18.3 Å². The van der Waals surface area contributed by atoms with Gasteiger partial charge in [-0.2, -0.15) is 10.2 Å². The predicted octanol–water partition coefficient (Wildman–Crippen LogP) is 0.459. The Balaban J connectivity index is 2.14. The summed E-state index contributed by atoms with van der Waals surface area (Å²) >= 11 is 0. The summed E-state index contributed by atoms with van der Waals surface area (Å²) in [6.07, 6.45) is 1.65. The number of hydrogen-bond acceptors (Lipinski definition) is 4. The molecule has 0 saturated carbocycles. The van der Waals surface area contributed by atoms with Crippen LogP contribution < -0.4 is 11.1 Å². The molecule has 0 unspecified atom stereocenters. The third-order valence-corrected chi connectivity index (χ3v) is 1.36. The summed E-state index contributed by atoms with van der Waals surface area (Å²) in [5.41, 5.74) is 5.42. The van der Waals surface area contributed by atoms with Crippen molar-refractivity contribution in [3.63, 3.8) is 0 Å². The average molecular weight is 164 g/mol. The summed E-state index contributed by atoms with van der Waals surface area (Å²) in [7, 11) is 0. The van der Waals surface area contributed by atoms with E-state index in [1.165, 1.54) is 0 Å². The van der Waals surface area contributed by atoms with E-state index in [1.807, 2.05) is 0 Å². The number of nitrogens with one attached hydrogen (secondary N) is 3. The Morgan fingerprint density at radius 1 is 1.42 bits per heavy atom. The minimum atomic E-state index is 0.525. The molecule has 0 saturated heterocycles. The molecule has 0 aromatic carbocycles. The maximum absolute atomic E-state index is 5.42. The first-order valence-corrected chi connectivity index (χ1v) is 3.42. The van der Waals surface area contributed by atoms with Crippen LogP contribution in [0.25, 0.3) is 0 Å². The molecule has 12 heavy (non-hydrogen) atoms. The van der Waals surface area contributed by atoms with Crippen molar-refractivity contribution in [3.05, 3.63) is 18.3 Å². The van der Waals surface area contributed by atoms with Crippen molar-refractivity contribution in [2.75, 3.05) is 11.1 Å². The van der Waals surface area contributed by atoms with Crippen molar-refractivity contribution in [2.24, 2.45) is 0 Å². The van der Waals surface area contributed by atoms with Gasteiger partial charge in [-0.3, -0.25) is 10.2 Å². The minimum absolute atomic E-state index is 0.525. The normalized spacial score (nSPS) is 10.0. The van der Waals surface area contributed by atoms with Crippen LogP contribution in [0.3, 0.4) is 0 Å². The molecule has 0 bridgehead atoms. The summed E-state index contributed by atoms with van der Waals surface area (Å²) in [5.74, 6) is 1.97. The van der Waals surface area contributed by atoms with E-state index in [0.29, 0.717) is 11.6 Å². The van der Waals surface area contributed by atoms with E-state index in [-0.39, 0.29) is 0 Å². The number of rotatable bonds is 2. The first-order valence-electron chi connectivity index (χ1n) is 3.42. The lowest BCUT2D eigenvalue weighted by atomic mass is 10.5. The highest BCUT2D eigenvalue weighted by molar-refractivity contribution is 5.54. The fourth-order valence-corrected chi connectivity index (χ4v) is 0.864. The van der Waals surface area contributed by atoms with E-state index in [2.05, 4.69) is 25.7 Å². The summed E-state index contributed by atoms with van der Waals surface area (Å²) in [6, 6.07) is 3.49. The van der Waals surface area contributed by atoms with Gasteiger partial charge >= 0.3 is 0 Å². The summed E-state index contributed by atoms with van der Waals surface area (Å²) in [6.45, 7) is 0. The number of aromatic amines is 2. The molecule has 0 aliphatic heterocycles. The first kappa shape index (κ1) is 6.71. The molecule has 2 heterocycles. The Morgan fingerprint density at radius 2 is 2.33 bits per heavy atom. The fraction of sp³-hybridized carbons (Fsp3) is 0. The van der Waals surface area contributed by atoms with Gasteiger partial charge in [-0.25, -0.2) is 0 Å². The van der Waals surface area contributed by atoms with Gasteiger partial charge in [0, 0.05) is 12.1 Å². The molecular weight excluding hydrogens is 156 g/mol. The highest BCUT2D eigenvalue weighted by atomic mass is 15.3. The molecular formula is C6H8N6. The molecule has 5 N–H and O–H groups in total. The zero-order valence-electron chi connectivity index (χ0n) is 6.20. The van der Waals surface area contributed by atoms with Gasteiger partial charge in [0.2, 0.25) is 0 Å². The smallest absolute Gasteiger partial charge is 0.155 e. The van der Waals surface area contributed by atoms with E-state index in [9.17, 15) is 0 Å². The van der Waals surface area contributed by atoms with Crippen LogP contribution in [0.4, 0.5) is 17.5 Å². The number of hydrogen-bond donors (Lipinski definition) is 4. The predicted molar refractivity (Wildman–Crippen MR) is 44.9 cm³/mol. The molecule has 0 radical (unpaired) electrons. The maximum Gasteiger partial charge on any atom is 0.155 e. The number of aromatic nitrogens is 4. The van der Waals surface area contributed by atoms with Gasteiger partial charge in [0.05, 0.1) is 6.20 Å². The van der Waals surface area contributed by atoms with Gasteiger partial charge in [0.1, 0.15) is 11.6 Å². The topological polar surface area (TPSA) is 95.4 Å². The van der Waals surface area contributed by atoms with Gasteiger partial charge in [0.15, 0.2) is 5.82 Å². The second-order valence-corrected chi connectivity index (χ2v) is 2.30. The van der Waals surface area contributed by atoms with Crippen molar-refractivity contribution < 1.29 is 0 Å². The standard InChI is InChI=1S/C6H8N6/c7-4-3-6(12-10-4)9-5-1-2-8-11-5/h1-3H,(H5,7,8,9,10,11,12). The van der Waals surface area contributed by atoms with Crippen LogP contribution in [0.1, 0.15) is 0 Å². The number of anilines is 3. The van der Waals surface area contributed by atoms with E-state index >= 15 is 0 Å². The van der Waals surface area contributed by atoms with Crippen LogP contribution in [0.15, 0.2) is 18.3 Å². The SMILES string of the molecule is Nc1cc(Nc2ccn[nH]2)n[nH]1. The Hall–Kier alpha value is -1.98. The molecule has 2 rings (SSSR count). The largest absolute Gasteiger partial charge is 0.384 e. The molecule has 0 fully saturated rings. The molecule has 2 aromatic rings. The lowest BCUT2D eigenvalue weighted by molar-refractivity contribution is 1.07. The molecule has 0 amide bonds. The molecule has 6 nitrogen and oxygen atoms in total. The Bertz CT molecular complexity index is 348. The lowest BCUT2D eigenvalue weighted by Crippen LogP contribution is -1.90. The monoisotopic (exact) mass is 164 g/mol. The van der Waals surface area contributed by atoms with Crippen LogP contribution in [0.2, 0.25) is 0 Å². The molecule has 0 aliphatic rings. The molecule has 6 heteroatoms.